The zero-order valence-electron chi connectivity index (χ0n) is 16.1. The molecule has 0 saturated heterocycles. The van der Waals surface area contributed by atoms with E-state index in [1.165, 1.54) is 25.7 Å². The molecule has 0 aliphatic rings. The fourth-order valence-corrected chi connectivity index (χ4v) is 2.78. The highest BCUT2D eigenvalue weighted by molar-refractivity contribution is 5.77. The summed E-state index contributed by atoms with van der Waals surface area (Å²) in [6, 6.07) is 8.07. The Labute approximate surface area is 157 Å². The van der Waals surface area contributed by atoms with Crippen molar-refractivity contribution in [3.63, 3.8) is 0 Å². The number of ether oxygens (including phenoxy) is 2. The van der Waals surface area contributed by atoms with Crippen molar-refractivity contribution in [1.29, 1.82) is 0 Å². The van der Waals surface area contributed by atoms with Crippen LogP contribution in [0.25, 0.3) is 0 Å². The summed E-state index contributed by atoms with van der Waals surface area (Å²) >= 11 is 0. The number of hydrogen-bond donors (Lipinski definition) is 1. The van der Waals surface area contributed by atoms with E-state index in [0.29, 0.717) is 12.0 Å². The SMILES string of the molecule is CCCCCCCCCC(=O)OC(c1ccccc1)C(N)C(=O)OCC. The van der Waals surface area contributed by atoms with Crippen LogP contribution >= 0.6 is 0 Å². The van der Waals surface area contributed by atoms with Gasteiger partial charge in [-0.3, -0.25) is 9.59 Å². The van der Waals surface area contributed by atoms with Crippen molar-refractivity contribution >= 4 is 11.9 Å². The van der Waals surface area contributed by atoms with Gasteiger partial charge in [0, 0.05) is 6.42 Å². The maximum absolute atomic E-state index is 12.2. The van der Waals surface area contributed by atoms with E-state index in [2.05, 4.69) is 6.92 Å². The summed E-state index contributed by atoms with van der Waals surface area (Å²) in [5.74, 6) is -0.891. The number of unbranched alkanes of at least 4 members (excludes halogenated alkanes) is 6. The molecule has 1 rings (SSSR count). The maximum Gasteiger partial charge on any atom is 0.327 e. The number of nitrogens with two attached hydrogens (primary N) is 1. The van der Waals surface area contributed by atoms with Gasteiger partial charge in [-0.2, -0.15) is 0 Å². The smallest absolute Gasteiger partial charge is 0.327 e. The Hall–Kier alpha value is -1.88. The molecule has 0 aliphatic carbocycles. The van der Waals surface area contributed by atoms with Crippen LogP contribution in [0.1, 0.15) is 76.9 Å². The Morgan fingerprint density at radius 1 is 0.962 bits per heavy atom. The molecule has 0 fully saturated rings. The van der Waals surface area contributed by atoms with E-state index in [1.807, 2.05) is 18.2 Å². The van der Waals surface area contributed by atoms with Crippen molar-refractivity contribution in [3.05, 3.63) is 35.9 Å². The van der Waals surface area contributed by atoms with E-state index in [0.717, 1.165) is 19.3 Å². The van der Waals surface area contributed by atoms with E-state index >= 15 is 0 Å². The highest BCUT2D eigenvalue weighted by Crippen LogP contribution is 2.22. The molecule has 0 bridgehead atoms. The molecule has 146 valence electrons. The van der Waals surface area contributed by atoms with E-state index in [-0.39, 0.29) is 12.6 Å². The summed E-state index contributed by atoms with van der Waals surface area (Å²) in [6.07, 6.45) is 7.42. The van der Waals surface area contributed by atoms with E-state index in [1.54, 1.807) is 19.1 Å². The molecule has 1 aromatic carbocycles. The monoisotopic (exact) mass is 363 g/mol. The summed E-state index contributed by atoms with van der Waals surface area (Å²) in [5.41, 5.74) is 6.69. The van der Waals surface area contributed by atoms with Crippen LogP contribution in [-0.4, -0.2) is 24.6 Å². The van der Waals surface area contributed by atoms with Gasteiger partial charge in [-0.25, -0.2) is 0 Å². The van der Waals surface area contributed by atoms with Gasteiger partial charge in [0.1, 0.15) is 6.04 Å². The Bertz CT molecular complexity index is 518. The number of carbonyl (C=O) groups excluding carboxylic acids is 2. The first-order valence-corrected chi connectivity index (χ1v) is 9.76. The molecule has 0 aromatic heterocycles. The zero-order chi connectivity index (χ0) is 19.2. The third-order valence-electron chi connectivity index (χ3n) is 4.26. The summed E-state index contributed by atoms with van der Waals surface area (Å²) < 4.78 is 10.5. The minimum atomic E-state index is -1.03. The number of rotatable bonds is 13. The number of hydrogen-bond acceptors (Lipinski definition) is 5. The average Bonchev–Trinajstić information content (AvgIpc) is 2.65. The van der Waals surface area contributed by atoms with Gasteiger partial charge in [-0.15, -0.1) is 0 Å². The van der Waals surface area contributed by atoms with Crippen molar-refractivity contribution in [2.75, 3.05) is 6.61 Å². The molecule has 0 amide bonds. The predicted octanol–water partition coefficient (Wildman–Crippen LogP) is 4.30. The Morgan fingerprint density at radius 3 is 2.19 bits per heavy atom. The lowest BCUT2D eigenvalue weighted by molar-refractivity contribution is -0.157. The lowest BCUT2D eigenvalue weighted by Gasteiger charge is -2.23. The zero-order valence-corrected chi connectivity index (χ0v) is 16.1. The Balaban J connectivity index is 2.52. The molecule has 0 saturated carbocycles. The summed E-state index contributed by atoms with van der Waals surface area (Å²) in [5, 5.41) is 0. The molecule has 0 heterocycles. The predicted molar refractivity (Wildman–Crippen MR) is 102 cm³/mol. The highest BCUT2D eigenvalue weighted by atomic mass is 16.6. The molecule has 0 radical (unpaired) electrons. The van der Waals surface area contributed by atoms with Gasteiger partial charge < -0.3 is 15.2 Å². The van der Waals surface area contributed by atoms with Gasteiger partial charge in [0.2, 0.25) is 0 Å². The fraction of sp³-hybridized carbons (Fsp3) is 0.619. The first-order valence-electron chi connectivity index (χ1n) is 9.76. The van der Waals surface area contributed by atoms with Crippen LogP contribution < -0.4 is 5.73 Å². The number of benzene rings is 1. The third kappa shape index (κ3) is 8.48. The average molecular weight is 363 g/mol. The first kappa shape index (κ1) is 22.2. The van der Waals surface area contributed by atoms with Gasteiger partial charge in [0.15, 0.2) is 6.10 Å². The second-order valence-corrected chi connectivity index (χ2v) is 6.47. The van der Waals surface area contributed by atoms with Crippen molar-refractivity contribution < 1.29 is 19.1 Å². The molecular formula is C21H33NO4. The molecule has 2 unspecified atom stereocenters. The lowest BCUT2D eigenvalue weighted by atomic mass is 10.0. The van der Waals surface area contributed by atoms with E-state index < -0.39 is 18.1 Å². The van der Waals surface area contributed by atoms with Crippen LogP contribution in [-0.2, 0) is 19.1 Å². The first-order chi connectivity index (χ1) is 12.6. The second kappa shape index (κ2) is 13.3. The largest absolute Gasteiger partial charge is 0.465 e. The van der Waals surface area contributed by atoms with Crippen LogP contribution in [0.2, 0.25) is 0 Å². The third-order valence-corrected chi connectivity index (χ3v) is 4.26. The van der Waals surface area contributed by atoms with Crippen molar-refractivity contribution in [2.45, 2.75) is 77.4 Å². The second-order valence-electron chi connectivity index (χ2n) is 6.47. The minimum absolute atomic E-state index is 0.236. The van der Waals surface area contributed by atoms with Crippen LogP contribution in [0.15, 0.2) is 30.3 Å². The fourth-order valence-electron chi connectivity index (χ4n) is 2.78. The van der Waals surface area contributed by atoms with Crippen molar-refractivity contribution in [3.8, 4) is 0 Å². The molecule has 2 N–H and O–H groups in total. The molecule has 5 heteroatoms. The number of carbonyl (C=O) groups is 2. The van der Waals surface area contributed by atoms with Crippen LogP contribution in [0.4, 0.5) is 0 Å². The lowest BCUT2D eigenvalue weighted by Crippen LogP contribution is -2.40. The van der Waals surface area contributed by atoms with Gasteiger partial charge in [0.25, 0.3) is 0 Å². The molecule has 0 aliphatic heterocycles. The van der Waals surface area contributed by atoms with Crippen LogP contribution in [0.3, 0.4) is 0 Å². The molecular weight excluding hydrogens is 330 g/mol. The van der Waals surface area contributed by atoms with Crippen molar-refractivity contribution in [2.24, 2.45) is 5.73 Å². The van der Waals surface area contributed by atoms with Gasteiger partial charge in [-0.05, 0) is 18.9 Å². The Kier molecular flexibility index (Phi) is 11.4. The molecule has 0 spiro atoms. The summed E-state index contributed by atoms with van der Waals surface area (Å²) in [4.78, 5) is 24.2. The van der Waals surface area contributed by atoms with Crippen LogP contribution in [0.5, 0.6) is 0 Å². The van der Waals surface area contributed by atoms with Gasteiger partial charge >= 0.3 is 11.9 Å². The minimum Gasteiger partial charge on any atom is -0.465 e. The summed E-state index contributed by atoms with van der Waals surface area (Å²) in [7, 11) is 0. The molecule has 1 aromatic rings. The van der Waals surface area contributed by atoms with Gasteiger partial charge in [-0.1, -0.05) is 75.8 Å². The summed E-state index contributed by atoms with van der Waals surface area (Å²) in [6.45, 7) is 4.15. The van der Waals surface area contributed by atoms with E-state index in [9.17, 15) is 9.59 Å². The highest BCUT2D eigenvalue weighted by Gasteiger charge is 2.30. The van der Waals surface area contributed by atoms with Gasteiger partial charge in [0.05, 0.1) is 6.61 Å². The molecule has 26 heavy (non-hydrogen) atoms. The van der Waals surface area contributed by atoms with E-state index in [4.69, 9.17) is 15.2 Å². The number of esters is 2. The normalized spacial score (nSPS) is 13.0. The topological polar surface area (TPSA) is 78.6 Å². The van der Waals surface area contributed by atoms with Crippen LogP contribution in [0, 0.1) is 0 Å². The maximum atomic E-state index is 12.2. The Morgan fingerprint density at radius 2 is 1.58 bits per heavy atom. The molecule has 2 atom stereocenters. The standard InChI is InChI=1S/C21H33NO4/c1-3-5-6-7-8-9-13-16-18(23)26-20(17-14-11-10-12-15-17)19(22)21(24)25-4-2/h10-12,14-15,19-20H,3-9,13,16,22H2,1-2H3. The van der Waals surface area contributed by atoms with Crippen molar-refractivity contribution in [1.82, 2.24) is 0 Å². The molecule has 5 nitrogen and oxygen atoms in total. The quantitative estimate of drug-likeness (QED) is 0.417.